The Morgan fingerprint density at radius 1 is 1.00 bits per heavy atom. The maximum atomic E-state index is 13.0. The fraction of sp³-hybridized carbons (Fsp3) is 0.667. The number of hydrogen-bond donors (Lipinski definition) is 1. The molecule has 0 saturated heterocycles. The number of hydrogen-bond acceptors (Lipinski definition) is 2. The highest BCUT2D eigenvalue weighted by atomic mass is 19.1. The summed E-state index contributed by atoms with van der Waals surface area (Å²) in [6.45, 7) is 6.92. The zero-order valence-corrected chi connectivity index (χ0v) is 13.5. The van der Waals surface area contributed by atoms with E-state index in [0.29, 0.717) is 0 Å². The summed E-state index contributed by atoms with van der Waals surface area (Å²) in [5.41, 5.74) is 1.05. The second-order valence-electron chi connectivity index (χ2n) is 5.53. The Kier molecular flexibility index (Phi) is 10.1. The molecule has 1 rings (SSSR count). The van der Waals surface area contributed by atoms with E-state index in [1.54, 1.807) is 0 Å². The monoisotopic (exact) mass is 295 g/mol. The van der Waals surface area contributed by atoms with Gasteiger partial charge in [-0.25, -0.2) is 4.39 Å². The minimum Gasteiger partial charge on any atom is -0.372 e. The lowest BCUT2D eigenvalue weighted by atomic mass is 10.1. The Bertz CT molecular complexity index is 353. The highest BCUT2D eigenvalue weighted by Gasteiger charge is 2.11. The zero-order chi connectivity index (χ0) is 15.3. The lowest BCUT2D eigenvalue weighted by Gasteiger charge is -2.19. The summed E-state index contributed by atoms with van der Waals surface area (Å²) in [6.07, 6.45) is 7.31. The zero-order valence-electron chi connectivity index (χ0n) is 13.5. The first-order chi connectivity index (χ1) is 10.3. The molecule has 0 aliphatic carbocycles. The Morgan fingerprint density at radius 3 is 2.38 bits per heavy atom. The van der Waals surface area contributed by atoms with E-state index in [9.17, 15) is 4.39 Å². The minimum atomic E-state index is -0.196. The summed E-state index contributed by atoms with van der Waals surface area (Å²) in [4.78, 5) is 0. The van der Waals surface area contributed by atoms with Gasteiger partial charge >= 0.3 is 0 Å². The van der Waals surface area contributed by atoms with E-state index in [1.165, 1.54) is 37.8 Å². The van der Waals surface area contributed by atoms with Gasteiger partial charge < -0.3 is 10.1 Å². The van der Waals surface area contributed by atoms with Crippen molar-refractivity contribution in [3.8, 4) is 0 Å². The summed E-state index contributed by atoms with van der Waals surface area (Å²) in [5, 5.41) is 3.39. The fourth-order valence-electron chi connectivity index (χ4n) is 2.29. The van der Waals surface area contributed by atoms with Crippen molar-refractivity contribution >= 4 is 0 Å². The van der Waals surface area contributed by atoms with E-state index >= 15 is 0 Å². The Morgan fingerprint density at radius 2 is 1.71 bits per heavy atom. The first-order valence-corrected chi connectivity index (χ1v) is 8.35. The predicted octanol–water partition coefficient (Wildman–Crippen LogP) is 4.85. The van der Waals surface area contributed by atoms with Crippen LogP contribution in [-0.4, -0.2) is 19.7 Å². The van der Waals surface area contributed by atoms with Gasteiger partial charge in [-0.15, -0.1) is 0 Å². The van der Waals surface area contributed by atoms with Crippen LogP contribution in [0, 0.1) is 5.82 Å². The summed E-state index contributed by atoms with van der Waals surface area (Å²) >= 11 is 0. The van der Waals surface area contributed by atoms with Gasteiger partial charge in [0.2, 0.25) is 0 Å². The molecular formula is C18H30FNO. The third-order valence-electron chi connectivity index (χ3n) is 3.57. The van der Waals surface area contributed by atoms with E-state index in [1.807, 2.05) is 12.1 Å². The molecule has 0 spiro atoms. The number of rotatable bonds is 12. The van der Waals surface area contributed by atoms with Crippen LogP contribution >= 0.6 is 0 Å². The topological polar surface area (TPSA) is 21.3 Å². The number of ether oxygens (including phenoxy) is 1. The highest BCUT2D eigenvalue weighted by Crippen LogP contribution is 2.18. The number of benzene rings is 1. The standard InChI is InChI=1S/C18H30FNO/c1-3-5-6-7-8-14-21-18(15-20-13-4-2)16-9-11-17(19)12-10-16/h9-12,18,20H,3-8,13-15H2,1-2H3. The summed E-state index contributed by atoms with van der Waals surface area (Å²) in [7, 11) is 0. The molecule has 0 amide bonds. The predicted molar refractivity (Wildman–Crippen MR) is 87.0 cm³/mol. The van der Waals surface area contributed by atoms with Crippen LogP contribution < -0.4 is 5.32 Å². The molecule has 1 unspecified atom stereocenters. The van der Waals surface area contributed by atoms with E-state index in [2.05, 4.69) is 19.2 Å². The van der Waals surface area contributed by atoms with Gasteiger partial charge in [0, 0.05) is 13.2 Å². The maximum absolute atomic E-state index is 13.0. The van der Waals surface area contributed by atoms with Crippen LogP contribution in [0.4, 0.5) is 4.39 Å². The average Bonchev–Trinajstić information content (AvgIpc) is 2.50. The van der Waals surface area contributed by atoms with Gasteiger partial charge in [0.25, 0.3) is 0 Å². The van der Waals surface area contributed by atoms with E-state index in [-0.39, 0.29) is 11.9 Å². The molecule has 1 N–H and O–H groups in total. The van der Waals surface area contributed by atoms with Gasteiger partial charge in [-0.1, -0.05) is 51.7 Å². The molecule has 0 saturated carbocycles. The molecule has 0 aromatic heterocycles. The lowest BCUT2D eigenvalue weighted by Crippen LogP contribution is -2.24. The third kappa shape index (κ3) is 8.18. The number of halogens is 1. The third-order valence-corrected chi connectivity index (χ3v) is 3.57. The Balaban J connectivity index is 2.39. The second-order valence-corrected chi connectivity index (χ2v) is 5.53. The SMILES string of the molecule is CCCCCCCOC(CNCCC)c1ccc(F)cc1. The van der Waals surface area contributed by atoms with Crippen molar-refractivity contribution < 1.29 is 9.13 Å². The summed E-state index contributed by atoms with van der Waals surface area (Å²) in [5.74, 6) is -0.196. The molecule has 0 radical (unpaired) electrons. The molecule has 1 atom stereocenters. The summed E-state index contributed by atoms with van der Waals surface area (Å²) in [6, 6.07) is 6.66. The molecule has 3 heteroatoms. The van der Waals surface area contributed by atoms with Gasteiger partial charge in [-0.05, 0) is 37.1 Å². The molecule has 0 aliphatic rings. The minimum absolute atomic E-state index is 0.0170. The molecular weight excluding hydrogens is 265 g/mol. The quantitative estimate of drug-likeness (QED) is 0.556. The van der Waals surface area contributed by atoms with E-state index < -0.39 is 0 Å². The molecule has 120 valence electrons. The Hall–Kier alpha value is -0.930. The van der Waals surface area contributed by atoms with Crippen molar-refractivity contribution in [1.29, 1.82) is 0 Å². The molecule has 0 heterocycles. The van der Waals surface area contributed by atoms with Gasteiger partial charge in [-0.3, -0.25) is 0 Å². The van der Waals surface area contributed by atoms with Gasteiger partial charge in [-0.2, -0.15) is 0 Å². The molecule has 0 aliphatic heterocycles. The fourth-order valence-corrected chi connectivity index (χ4v) is 2.29. The van der Waals surface area contributed by atoms with Crippen LogP contribution in [0.1, 0.15) is 64.0 Å². The smallest absolute Gasteiger partial charge is 0.123 e. The molecule has 0 bridgehead atoms. The van der Waals surface area contributed by atoms with E-state index in [4.69, 9.17) is 4.74 Å². The first kappa shape index (κ1) is 18.1. The molecule has 1 aromatic rings. The molecule has 2 nitrogen and oxygen atoms in total. The van der Waals surface area contributed by atoms with Crippen LogP contribution in [0.5, 0.6) is 0 Å². The van der Waals surface area contributed by atoms with Crippen LogP contribution in [-0.2, 0) is 4.74 Å². The average molecular weight is 295 g/mol. The van der Waals surface area contributed by atoms with Gasteiger partial charge in [0.15, 0.2) is 0 Å². The molecule has 1 aromatic carbocycles. The first-order valence-electron chi connectivity index (χ1n) is 8.35. The maximum Gasteiger partial charge on any atom is 0.123 e. The summed E-state index contributed by atoms with van der Waals surface area (Å²) < 4.78 is 19.0. The van der Waals surface area contributed by atoms with Crippen LogP contribution in [0.2, 0.25) is 0 Å². The molecule has 0 fully saturated rings. The Labute approximate surface area is 129 Å². The largest absolute Gasteiger partial charge is 0.372 e. The van der Waals surface area contributed by atoms with Crippen molar-refractivity contribution in [2.45, 2.75) is 58.5 Å². The van der Waals surface area contributed by atoms with Crippen LogP contribution in [0.3, 0.4) is 0 Å². The van der Waals surface area contributed by atoms with Crippen molar-refractivity contribution in [3.63, 3.8) is 0 Å². The van der Waals surface area contributed by atoms with Crippen molar-refractivity contribution in [2.24, 2.45) is 0 Å². The molecule has 21 heavy (non-hydrogen) atoms. The second kappa shape index (κ2) is 11.7. The normalized spacial score (nSPS) is 12.5. The van der Waals surface area contributed by atoms with Crippen molar-refractivity contribution in [2.75, 3.05) is 19.7 Å². The van der Waals surface area contributed by atoms with Crippen LogP contribution in [0.15, 0.2) is 24.3 Å². The number of nitrogens with one attached hydrogen (secondary N) is 1. The van der Waals surface area contributed by atoms with Crippen molar-refractivity contribution in [3.05, 3.63) is 35.6 Å². The van der Waals surface area contributed by atoms with Crippen LogP contribution in [0.25, 0.3) is 0 Å². The highest BCUT2D eigenvalue weighted by molar-refractivity contribution is 5.19. The lowest BCUT2D eigenvalue weighted by molar-refractivity contribution is 0.0499. The van der Waals surface area contributed by atoms with E-state index in [0.717, 1.165) is 38.1 Å². The number of unbranched alkanes of at least 4 members (excludes halogenated alkanes) is 4. The van der Waals surface area contributed by atoms with Gasteiger partial charge in [0.1, 0.15) is 5.82 Å². The van der Waals surface area contributed by atoms with Crippen molar-refractivity contribution in [1.82, 2.24) is 5.32 Å². The van der Waals surface area contributed by atoms with Gasteiger partial charge in [0.05, 0.1) is 6.10 Å².